The summed E-state index contributed by atoms with van der Waals surface area (Å²) < 4.78 is 7.48. The number of aryl methyl sites for hydroxylation is 2. The SMILES string of the molecule is CCn1ccnc1CNc1ccc(C)cc1OC. The van der Waals surface area contributed by atoms with Gasteiger partial charge in [-0.15, -0.1) is 0 Å². The summed E-state index contributed by atoms with van der Waals surface area (Å²) in [5, 5.41) is 3.36. The maximum Gasteiger partial charge on any atom is 0.142 e. The van der Waals surface area contributed by atoms with Gasteiger partial charge < -0.3 is 14.6 Å². The van der Waals surface area contributed by atoms with Crippen LogP contribution in [-0.2, 0) is 13.1 Å². The third-order valence-electron chi connectivity index (χ3n) is 2.94. The van der Waals surface area contributed by atoms with Crippen molar-refractivity contribution >= 4 is 5.69 Å². The highest BCUT2D eigenvalue weighted by atomic mass is 16.5. The number of methoxy groups -OCH3 is 1. The first-order valence-electron chi connectivity index (χ1n) is 6.13. The monoisotopic (exact) mass is 245 g/mol. The molecule has 18 heavy (non-hydrogen) atoms. The minimum Gasteiger partial charge on any atom is -0.495 e. The minimum absolute atomic E-state index is 0.695. The zero-order chi connectivity index (χ0) is 13.0. The number of imidazole rings is 1. The lowest BCUT2D eigenvalue weighted by Gasteiger charge is -2.12. The van der Waals surface area contributed by atoms with E-state index in [0.717, 1.165) is 23.8 Å². The van der Waals surface area contributed by atoms with E-state index in [2.05, 4.69) is 34.8 Å². The Kier molecular flexibility index (Phi) is 3.87. The van der Waals surface area contributed by atoms with E-state index < -0.39 is 0 Å². The van der Waals surface area contributed by atoms with Crippen molar-refractivity contribution in [3.8, 4) is 5.75 Å². The number of nitrogens with one attached hydrogen (secondary N) is 1. The van der Waals surface area contributed by atoms with E-state index in [1.54, 1.807) is 7.11 Å². The van der Waals surface area contributed by atoms with Gasteiger partial charge in [0.15, 0.2) is 0 Å². The average Bonchev–Trinajstić information content (AvgIpc) is 2.84. The lowest BCUT2D eigenvalue weighted by Crippen LogP contribution is -2.08. The summed E-state index contributed by atoms with van der Waals surface area (Å²) in [6, 6.07) is 6.12. The van der Waals surface area contributed by atoms with Crippen LogP contribution in [0.2, 0.25) is 0 Å². The lowest BCUT2D eigenvalue weighted by atomic mass is 10.2. The molecule has 1 aromatic heterocycles. The molecule has 4 heteroatoms. The van der Waals surface area contributed by atoms with Gasteiger partial charge in [0.05, 0.1) is 19.3 Å². The topological polar surface area (TPSA) is 39.1 Å². The quantitative estimate of drug-likeness (QED) is 0.880. The molecule has 0 fully saturated rings. The average molecular weight is 245 g/mol. The normalized spacial score (nSPS) is 10.4. The second-order valence-corrected chi connectivity index (χ2v) is 4.19. The number of hydrogen-bond acceptors (Lipinski definition) is 3. The molecular formula is C14H19N3O. The molecule has 96 valence electrons. The van der Waals surface area contributed by atoms with Crippen LogP contribution in [0, 0.1) is 6.92 Å². The van der Waals surface area contributed by atoms with Gasteiger partial charge in [-0.1, -0.05) is 6.07 Å². The maximum absolute atomic E-state index is 5.36. The molecule has 0 amide bonds. The molecule has 2 rings (SSSR count). The van der Waals surface area contributed by atoms with Crippen molar-refractivity contribution in [3.05, 3.63) is 42.0 Å². The summed E-state index contributed by atoms with van der Waals surface area (Å²) in [6.45, 7) is 5.79. The zero-order valence-electron chi connectivity index (χ0n) is 11.1. The second-order valence-electron chi connectivity index (χ2n) is 4.19. The first kappa shape index (κ1) is 12.5. The number of hydrogen-bond donors (Lipinski definition) is 1. The van der Waals surface area contributed by atoms with Crippen molar-refractivity contribution in [2.24, 2.45) is 0 Å². The number of aromatic nitrogens is 2. The molecule has 0 saturated heterocycles. The molecule has 1 heterocycles. The fourth-order valence-corrected chi connectivity index (χ4v) is 1.91. The Bertz CT molecular complexity index is 520. The molecule has 0 aliphatic carbocycles. The fraction of sp³-hybridized carbons (Fsp3) is 0.357. The number of anilines is 1. The van der Waals surface area contributed by atoms with Crippen molar-refractivity contribution in [2.45, 2.75) is 26.9 Å². The van der Waals surface area contributed by atoms with E-state index >= 15 is 0 Å². The number of ether oxygens (including phenoxy) is 1. The van der Waals surface area contributed by atoms with E-state index in [1.165, 1.54) is 5.56 Å². The zero-order valence-corrected chi connectivity index (χ0v) is 11.1. The number of rotatable bonds is 5. The molecule has 0 aliphatic heterocycles. The molecule has 0 radical (unpaired) electrons. The van der Waals surface area contributed by atoms with Crippen LogP contribution < -0.4 is 10.1 Å². The van der Waals surface area contributed by atoms with E-state index in [0.29, 0.717) is 6.54 Å². The first-order chi connectivity index (χ1) is 8.74. The molecule has 0 aliphatic rings. The summed E-state index contributed by atoms with van der Waals surface area (Å²) in [6.07, 6.45) is 3.82. The smallest absolute Gasteiger partial charge is 0.142 e. The third-order valence-corrected chi connectivity index (χ3v) is 2.94. The van der Waals surface area contributed by atoms with Crippen LogP contribution in [0.25, 0.3) is 0 Å². The molecule has 0 atom stereocenters. The van der Waals surface area contributed by atoms with Crippen molar-refractivity contribution in [3.63, 3.8) is 0 Å². The van der Waals surface area contributed by atoms with Gasteiger partial charge in [0, 0.05) is 18.9 Å². The van der Waals surface area contributed by atoms with Crippen molar-refractivity contribution < 1.29 is 4.74 Å². The molecule has 2 aromatic rings. The minimum atomic E-state index is 0.695. The summed E-state index contributed by atoms with van der Waals surface area (Å²) in [5.41, 5.74) is 2.18. The molecule has 4 nitrogen and oxygen atoms in total. The molecule has 0 spiro atoms. The Balaban J connectivity index is 2.10. The van der Waals surface area contributed by atoms with Crippen LogP contribution in [0.4, 0.5) is 5.69 Å². The van der Waals surface area contributed by atoms with E-state index in [1.807, 2.05) is 24.5 Å². The highest BCUT2D eigenvalue weighted by Gasteiger charge is 2.05. The van der Waals surface area contributed by atoms with Gasteiger partial charge in [0.25, 0.3) is 0 Å². The van der Waals surface area contributed by atoms with Gasteiger partial charge >= 0.3 is 0 Å². The predicted molar refractivity (Wildman–Crippen MR) is 73.0 cm³/mol. The second kappa shape index (κ2) is 5.58. The molecule has 0 bridgehead atoms. The summed E-state index contributed by atoms with van der Waals surface area (Å²) in [5.74, 6) is 1.89. The van der Waals surface area contributed by atoms with Gasteiger partial charge in [-0.3, -0.25) is 0 Å². The molecule has 0 unspecified atom stereocenters. The van der Waals surface area contributed by atoms with Gasteiger partial charge in [-0.25, -0.2) is 4.98 Å². The van der Waals surface area contributed by atoms with Crippen LogP contribution >= 0.6 is 0 Å². The van der Waals surface area contributed by atoms with Crippen LogP contribution in [0.5, 0.6) is 5.75 Å². The largest absolute Gasteiger partial charge is 0.495 e. The van der Waals surface area contributed by atoms with Crippen molar-refractivity contribution in [1.82, 2.24) is 9.55 Å². The summed E-state index contributed by atoms with van der Waals surface area (Å²) >= 11 is 0. The first-order valence-corrected chi connectivity index (χ1v) is 6.13. The predicted octanol–water partition coefficient (Wildman–Crippen LogP) is 2.83. The standard InChI is InChI=1S/C14H19N3O/c1-4-17-8-7-15-14(17)10-16-12-6-5-11(2)9-13(12)18-3/h5-9,16H,4,10H2,1-3H3. The van der Waals surface area contributed by atoms with Crippen molar-refractivity contribution in [1.29, 1.82) is 0 Å². The molecular weight excluding hydrogens is 226 g/mol. The molecule has 1 aromatic carbocycles. The third kappa shape index (κ3) is 2.64. The van der Waals surface area contributed by atoms with Gasteiger partial charge in [-0.2, -0.15) is 0 Å². The highest BCUT2D eigenvalue weighted by molar-refractivity contribution is 5.57. The Labute approximate surface area is 108 Å². The number of nitrogens with zero attached hydrogens (tertiary/aromatic N) is 2. The lowest BCUT2D eigenvalue weighted by molar-refractivity contribution is 0.416. The highest BCUT2D eigenvalue weighted by Crippen LogP contribution is 2.25. The Morgan fingerprint density at radius 1 is 1.39 bits per heavy atom. The van der Waals surface area contributed by atoms with Crippen LogP contribution in [0.1, 0.15) is 18.3 Å². The Hall–Kier alpha value is -1.97. The number of benzene rings is 1. The fourth-order valence-electron chi connectivity index (χ4n) is 1.91. The van der Waals surface area contributed by atoms with Gasteiger partial charge in [0.2, 0.25) is 0 Å². The van der Waals surface area contributed by atoms with Gasteiger partial charge in [-0.05, 0) is 31.5 Å². The van der Waals surface area contributed by atoms with Crippen LogP contribution in [0.15, 0.2) is 30.6 Å². The van der Waals surface area contributed by atoms with E-state index in [4.69, 9.17) is 4.74 Å². The van der Waals surface area contributed by atoms with Crippen molar-refractivity contribution in [2.75, 3.05) is 12.4 Å². The Morgan fingerprint density at radius 2 is 2.22 bits per heavy atom. The van der Waals surface area contributed by atoms with E-state index in [9.17, 15) is 0 Å². The molecule has 0 saturated carbocycles. The van der Waals surface area contributed by atoms with Crippen LogP contribution in [0.3, 0.4) is 0 Å². The van der Waals surface area contributed by atoms with Gasteiger partial charge in [0.1, 0.15) is 11.6 Å². The summed E-state index contributed by atoms with van der Waals surface area (Å²) in [7, 11) is 1.69. The summed E-state index contributed by atoms with van der Waals surface area (Å²) in [4.78, 5) is 4.33. The van der Waals surface area contributed by atoms with E-state index in [-0.39, 0.29) is 0 Å². The Morgan fingerprint density at radius 3 is 2.94 bits per heavy atom. The molecule has 1 N–H and O–H groups in total. The van der Waals surface area contributed by atoms with Crippen LogP contribution in [-0.4, -0.2) is 16.7 Å². The maximum atomic E-state index is 5.36.